The predicted molar refractivity (Wildman–Crippen MR) is 155 cm³/mol. The van der Waals surface area contributed by atoms with Crippen molar-refractivity contribution in [1.29, 1.82) is 0 Å². The lowest BCUT2D eigenvalue weighted by molar-refractivity contribution is -0.0499. The second-order valence-corrected chi connectivity index (χ2v) is 11.3. The van der Waals surface area contributed by atoms with Gasteiger partial charge in [-0.2, -0.15) is 21.6 Å². The zero-order valence-corrected chi connectivity index (χ0v) is 22.2. The number of fused-ring (bicyclic) bond motifs is 3. The molecule has 0 amide bonds. The number of halogens is 3. The maximum absolute atomic E-state index is 13.4. The fraction of sp³-hybridized carbons (Fsp3) is 0.0323. The molecule has 1 atom stereocenters. The second-order valence-electron chi connectivity index (χ2n) is 9.14. The average molecular weight is 561 g/mol. The van der Waals surface area contributed by atoms with Crippen molar-refractivity contribution in [2.45, 2.75) is 5.51 Å². The van der Waals surface area contributed by atoms with E-state index in [0.717, 1.165) is 38.1 Å². The minimum atomic E-state index is -5.91. The van der Waals surface area contributed by atoms with Crippen LogP contribution in [0, 0.1) is 0 Å². The summed E-state index contributed by atoms with van der Waals surface area (Å²) < 4.78 is 69.3. The fourth-order valence-electron chi connectivity index (χ4n) is 4.97. The highest BCUT2D eigenvalue weighted by atomic mass is 32.2. The molecule has 0 radical (unpaired) electrons. The molecular weight excluding hydrogens is 540 g/mol. The molecule has 0 aliphatic carbocycles. The van der Waals surface area contributed by atoms with Crippen LogP contribution in [0.25, 0.3) is 54.6 Å². The minimum Gasteiger partial charge on any atom is -0.375 e. The van der Waals surface area contributed by atoms with Crippen molar-refractivity contribution >= 4 is 57.0 Å². The standard InChI is InChI=1S/C31H20F3O3PS/c32-31(33,34)39(35,36)37-27-16-15-20-8-3-5-11-24(20)28(27)29-25-12-6-4-10-22(25)18-26(30(29)38)23-14-13-19-7-1-2-9-21(19)17-23/h1-18H,38H2. The van der Waals surface area contributed by atoms with E-state index < -0.39 is 21.4 Å². The molecule has 6 rings (SSSR count). The van der Waals surface area contributed by atoms with E-state index in [1.807, 2.05) is 78.9 Å². The Hall–Kier alpha value is -3.93. The molecule has 3 nitrogen and oxygen atoms in total. The zero-order valence-electron chi connectivity index (χ0n) is 20.2. The van der Waals surface area contributed by atoms with Crippen molar-refractivity contribution in [3.63, 3.8) is 0 Å². The van der Waals surface area contributed by atoms with Crippen molar-refractivity contribution < 1.29 is 25.8 Å². The van der Waals surface area contributed by atoms with Gasteiger partial charge in [0.25, 0.3) is 0 Å². The first-order valence-electron chi connectivity index (χ1n) is 12.0. The molecule has 0 aliphatic heterocycles. The highest BCUT2D eigenvalue weighted by Crippen LogP contribution is 2.44. The van der Waals surface area contributed by atoms with E-state index in [0.29, 0.717) is 16.3 Å². The van der Waals surface area contributed by atoms with E-state index in [9.17, 15) is 21.6 Å². The van der Waals surface area contributed by atoms with Crippen LogP contribution < -0.4 is 9.49 Å². The molecule has 0 saturated carbocycles. The molecule has 39 heavy (non-hydrogen) atoms. The maximum Gasteiger partial charge on any atom is 0.534 e. The summed E-state index contributed by atoms with van der Waals surface area (Å²) in [4.78, 5) is 0. The summed E-state index contributed by atoms with van der Waals surface area (Å²) >= 11 is 0. The molecule has 8 heteroatoms. The van der Waals surface area contributed by atoms with Crippen molar-refractivity contribution in [2.75, 3.05) is 0 Å². The predicted octanol–water partition coefficient (Wildman–Crippen LogP) is 8.21. The van der Waals surface area contributed by atoms with Gasteiger partial charge < -0.3 is 4.18 Å². The number of hydrogen-bond donors (Lipinski definition) is 0. The summed E-state index contributed by atoms with van der Waals surface area (Å²) in [6.07, 6.45) is 0. The topological polar surface area (TPSA) is 43.4 Å². The molecule has 0 aliphatic rings. The van der Waals surface area contributed by atoms with E-state index in [-0.39, 0.29) is 5.56 Å². The van der Waals surface area contributed by atoms with Gasteiger partial charge in [0.05, 0.1) is 0 Å². The van der Waals surface area contributed by atoms with Crippen LogP contribution in [0.15, 0.2) is 109 Å². The monoisotopic (exact) mass is 560 g/mol. The van der Waals surface area contributed by atoms with Gasteiger partial charge in [-0.1, -0.05) is 91.0 Å². The molecule has 0 bridgehead atoms. The van der Waals surface area contributed by atoms with E-state index in [1.54, 1.807) is 18.2 Å². The molecule has 0 heterocycles. The molecule has 0 aromatic heterocycles. The number of rotatable bonds is 4. The smallest absolute Gasteiger partial charge is 0.375 e. The summed E-state index contributed by atoms with van der Waals surface area (Å²) in [5.41, 5.74) is -2.97. The average Bonchev–Trinajstić information content (AvgIpc) is 2.92. The van der Waals surface area contributed by atoms with Crippen molar-refractivity contribution in [3.05, 3.63) is 109 Å². The summed E-state index contributed by atoms with van der Waals surface area (Å²) in [5, 5.41) is 5.71. The van der Waals surface area contributed by atoms with Gasteiger partial charge >= 0.3 is 15.6 Å². The minimum absolute atomic E-state index is 0.268. The highest BCUT2D eigenvalue weighted by molar-refractivity contribution is 7.88. The molecular formula is C31H20F3O3PS. The Morgan fingerprint density at radius 1 is 0.615 bits per heavy atom. The third-order valence-corrected chi connectivity index (χ3v) is 8.34. The second kappa shape index (κ2) is 9.37. The summed E-state index contributed by atoms with van der Waals surface area (Å²) in [6, 6.07) is 33.5. The van der Waals surface area contributed by atoms with E-state index >= 15 is 0 Å². The van der Waals surface area contributed by atoms with Gasteiger partial charge in [0.2, 0.25) is 0 Å². The lowest BCUT2D eigenvalue weighted by Crippen LogP contribution is -2.28. The summed E-state index contributed by atoms with van der Waals surface area (Å²) in [7, 11) is -3.19. The zero-order chi connectivity index (χ0) is 27.4. The molecule has 0 spiro atoms. The fourth-order valence-corrected chi connectivity index (χ4v) is 5.99. The van der Waals surface area contributed by atoms with Crippen molar-refractivity contribution in [3.8, 4) is 28.0 Å². The third-order valence-electron chi connectivity index (χ3n) is 6.77. The Balaban J connectivity index is 1.71. The van der Waals surface area contributed by atoms with Gasteiger partial charge in [0.15, 0.2) is 5.75 Å². The van der Waals surface area contributed by atoms with Gasteiger partial charge in [-0.05, 0) is 66.9 Å². The lowest BCUT2D eigenvalue weighted by atomic mass is 9.89. The van der Waals surface area contributed by atoms with Crippen LogP contribution in [-0.2, 0) is 10.1 Å². The Bertz CT molecular complexity index is 2020. The number of benzene rings is 6. The van der Waals surface area contributed by atoms with Crippen LogP contribution in [0.3, 0.4) is 0 Å². The molecule has 1 unspecified atom stereocenters. The lowest BCUT2D eigenvalue weighted by Gasteiger charge is -2.20. The maximum atomic E-state index is 13.4. The molecule has 6 aromatic carbocycles. The number of hydrogen-bond acceptors (Lipinski definition) is 3. The summed E-state index contributed by atoms with van der Waals surface area (Å²) in [6.45, 7) is 0. The summed E-state index contributed by atoms with van der Waals surface area (Å²) in [5.74, 6) is -0.393. The highest BCUT2D eigenvalue weighted by Gasteiger charge is 2.49. The molecule has 194 valence electrons. The van der Waals surface area contributed by atoms with Gasteiger partial charge in [-0.25, -0.2) is 0 Å². The molecule has 0 N–H and O–H groups in total. The van der Waals surface area contributed by atoms with Crippen LogP contribution in [0.4, 0.5) is 13.2 Å². The largest absolute Gasteiger partial charge is 0.534 e. The van der Waals surface area contributed by atoms with Gasteiger partial charge in [0.1, 0.15) is 0 Å². The molecule has 0 saturated heterocycles. The van der Waals surface area contributed by atoms with Gasteiger partial charge in [-0.3, -0.25) is 0 Å². The van der Waals surface area contributed by atoms with Crippen LogP contribution in [-0.4, -0.2) is 13.9 Å². The van der Waals surface area contributed by atoms with E-state index in [4.69, 9.17) is 4.18 Å². The van der Waals surface area contributed by atoms with E-state index in [2.05, 4.69) is 15.3 Å². The van der Waals surface area contributed by atoms with Gasteiger partial charge in [0, 0.05) is 11.1 Å². The SMILES string of the molecule is O=S(=O)(Oc1ccc2ccccc2c1-c1c(P)c(-c2ccc3ccccc3c2)cc2ccccc12)C(F)(F)F. The molecule has 6 aromatic rings. The third kappa shape index (κ3) is 4.42. The van der Waals surface area contributed by atoms with Crippen LogP contribution >= 0.6 is 9.24 Å². The van der Waals surface area contributed by atoms with Gasteiger partial charge in [-0.15, -0.1) is 9.24 Å². The first-order valence-corrected chi connectivity index (χ1v) is 14.0. The number of alkyl halides is 3. The normalized spacial score (nSPS) is 12.3. The Morgan fingerprint density at radius 2 is 1.18 bits per heavy atom. The van der Waals surface area contributed by atoms with Crippen LogP contribution in [0.2, 0.25) is 0 Å². The quantitative estimate of drug-likeness (QED) is 0.124. The Kier molecular flexibility index (Phi) is 6.09. The van der Waals surface area contributed by atoms with Crippen molar-refractivity contribution in [1.82, 2.24) is 0 Å². The van der Waals surface area contributed by atoms with Crippen LogP contribution in [0.1, 0.15) is 0 Å². The Labute approximate surface area is 225 Å². The van der Waals surface area contributed by atoms with Crippen molar-refractivity contribution in [2.24, 2.45) is 0 Å². The van der Waals surface area contributed by atoms with Crippen LogP contribution in [0.5, 0.6) is 5.75 Å². The Morgan fingerprint density at radius 3 is 1.87 bits per heavy atom. The first-order chi connectivity index (χ1) is 18.6. The molecule has 0 fully saturated rings. The van der Waals surface area contributed by atoms with E-state index in [1.165, 1.54) is 6.07 Å². The first kappa shape index (κ1) is 25.4.